The maximum Gasteiger partial charge on any atom is 0.270 e. The molecule has 3 rings (SSSR count). The third kappa shape index (κ3) is 4.19. The first-order chi connectivity index (χ1) is 11.9. The quantitative estimate of drug-likeness (QED) is 0.547. The molecule has 1 aromatic heterocycles. The number of amides is 1. The maximum absolute atomic E-state index is 12.5. The van der Waals surface area contributed by atoms with Gasteiger partial charge >= 0.3 is 0 Å². The minimum atomic E-state index is -0.128. The van der Waals surface area contributed by atoms with Gasteiger partial charge in [0.2, 0.25) is 0 Å². The van der Waals surface area contributed by atoms with Crippen LogP contribution in [0.25, 0.3) is 0 Å². The number of benzene rings is 1. The number of thiophene rings is 1. The minimum Gasteiger partial charge on any atom is -0.331 e. The summed E-state index contributed by atoms with van der Waals surface area (Å²) in [4.78, 5) is 13.8. The maximum atomic E-state index is 12.5. The molecule has 25 heavy (non-hydrogen) atoms. The molecule has 1 amide bonds. The van der Waals surface area contributed by atoms with Crippen LogP contribution in [0.2, 0.25) is 0 Å². The molecule has 0 unspecified atom stereocenters. The van der Waals surface area contributed by atoms with Gasteiger partial charge in [-0.1, -0.05) is 19.1 Å². The zero-order chi connectivity index (χ0) is 18.0. The van der Waals surface area contributed by atoms with E-state index in [1.54, 1.807) is 11.3 Å². The lowest BCUT2D eigenvalue weighted by molar-refractivity contribution is 0.0943. The normalized spacial score (nSPS) is 16.0. The highest BCUT2D eigenvalue weighted by Gasteiger charge is 2.23. The van der Waals surface area contributed by atoms with Gasteiger partial charge in [-0.2, -0.15) is 0 Å². The van der Waals surface area contributed by atoms with Crippen molar-refractivity contribution in [1.29, 1.82) is 0 Å². The Bertz CT molecular complexity index is 813. The molecule has 0 radical (unpaired) electrons. The summed E-state index contributed by atoms with van der Waals surface area (Å²) in [5, 5.41) is 5.46. The Labute approximate surface area is 158 Å². The van der Waals surface area contributed by atoms with Gasteiger partial charge in [-0.25, -0.2) is 0 Å². The molecule has 132 valence electrons. The second-order valence-electron chi connectivity index (χ2n) is 6.75. The van der Waals surface area contributed by atoms with Crippen molar-refractivity contribution >= 4 is 40.3 Å². The van der Waals surface area contributed by atoms with Crippen molar-refractivity contribution in [3.8, 4) is 0 Å². The number of rotatable bonds is 2. The van der Waals surface area contributed by atoms with Gasteiger partial charge in [0.25, 0.3) is 5.91 Å². The summed E-state index contributed by atoms with van der Waals surface area (Å²) in [5.41, 5.74) is 10.7. The van der Waals surface area contributed by atoms with E-state index in [-0.39, 0.29) is 5.91 Å². The average Bonchev–Trinajstić information content (AvgIpc) is 2.99. The highest BCUT2D eigenvalue weighted by molar-refractivity contribution is 7.80. The number of carbonyl (C=O) groups excluding carboxylic acids is 1. The van der Waals surface area contributed by atoms with E-state index in [2.05, 4.69) is 29.2 Å². The Balaban J connectivity index is 1.59. The van der Waals surface area contributed by atoms with Crippen LogP contribution in [0.5, 0.6) is 0 Å². The van der Waals surface area contributed by atoms with Crippen LogP contribution in [0.1, 0.15) is 45.3 Å². The van der Waals surface area contributed by atoms with E-state index in [0.29, 0.717) is 11.0 Å². The summed E-state index contributed by atoms with van der Waals surface area (Å²) in [6, 6.07) is 6.12. The highest BCUT2D eigenvalue weighted by atomic mass is 32.1. The third-order valence-electron chi connectivity index (χ3n) is 4.58. The predicted molar refractivity (Wildman–Crippen MR) is 108 cm³/mol. The Hall–Kier alpha value is -1.92. The van der Waals surface area contributed by atoms with Gasteiger partial charge in [0.1, 0.15) is 0 Å². The van der Waals surface area contributed by atoms with Crippen LogP contribution >= 0.6 is 23.6 Å². The molecular weight excluding hydrogens is 350 g/mol. The lowest BCUT2D eigenvalue weighted by Gasteiger charge is -2.19. The van der Waals surface area contributed by atoms with Crippen LogP contribution in [-0.2, 0) is 12.8 Å². The number of hydrogen-bond donors (Lipinski definition) is 3. The first-order valence-corrected chi connectivity index (χ1v) is 9.76. The van der Waals surface area contributed by atoms with Crippen molar-refractivity contribution in [1.82, 2.24) is 10.9 Å². The highest BCUT2D eigenvalue weighted by Crippen LogP contribution is 2.32. The third-order valence-corrected chi connectivity index (χ3v) is 5.83. The van der Waals surface area contributed by atoms with Crippen molar-refractivity contribution in [2.24, 2.45) is 5.92 Å². The van der Waals surface area contributed by atoms with Crippen molar-refractivity contribution in [2.45, 2.75) is 40.0 Å². The fraction of sp³-hybridized carbons (Fsp3) is 0.368. The molecule has 0 saturated carbocycles. The van der Waals surface area contributed by atoms with E-state index in [4.69, 9.17) is 12.2 Å². The van der Waals surface area contributed by atoms with E-state index in [1.165, 1.54) is 10.4 Å². The smallest absolute Gasteiger partial charge is 0.270 e. The van der Waals surface area contributed by atoms with E-state index in [9.17, 15) is 4.79 Å². The summed E-state index contributed by atoms with van der Waals surface area (Å²) in [7, 11) is 0. The fourth-order valence-electron chi connectivity index (χ4n) is 3.07. The standard InChI is InChI=1S/C19H23N3OS2/c1-11-4-6-13(3)16(8-11)20-19(24)22-21-18(23)15-10-25-17-9-12(2)5-7-14(15)17/h4,6,8,10,12H,5,7,9H2,1-3H3,(H,21,23)(H2,20,22,24)/t12-/m0/s1. The summed E-state index contributed by atoms with van der Waals surface area (Å²) in [6.07, 6.45) is 3.20. The number of anilines is 1. The second kappa shape index (κ2) is 7.54. The SMILES string of the molecule is Cc1ccc(C)c(NC(=S)NNC(=O)c2csc3c2CC[C@H](C)C3)c1. The molecule has 1 aromatic carbocycles. The van der Waals surface area contributed by atoms with E-state index >= 15 is 0 Å². The van der Waals surface area contributed by atoms with Gasteiger partial charge in [0.05, 0.1) is 5.56 Å². The fourth-order valence-corrected chi connectivity index (χ4v) is 4.48. The Kier molecular flexibility index (Phi) is 5.39. The predicted octanol–water partition coefficient (Wildman–Crippen LogP) is 4.12. The lowest BCUT2D eigenvalue weighted by atomic mass is 9.88. The van der Waals surface area contributed by atoms with Crippen LogP contribution in [-0.4, -0.2) is 11.0 Å². The van der Waals surface area contributed by atoms with E-state index < -0.39 is 0 Å². The molecule has 4 nitrogen and oxygen atoms in total. The van der Waals surface area contributed by atoms with Crippen LogP contribution < -0.4 is 16.2 Å². The van der Waals surface area contributed by atoms with Gasteiger partial charge in [-0.3, -0.25) is 15.6 Å². The summed E-state index contributed by atoms with van der Waals surface area (Å²) in [5.74, 6) is 0.576. The number of thiocarbonyl (C=S) groups is 1. The number of fused-ring (bicyclic) bond motifs is 1. The molecule has 1 atom stereocenters. The topological polar surface area (TPSA) is 53.2 Å². The molecule has 1 aliphatic carbocycles. The molecule has 6 heteroatoms. The van der Waals surface area contributed by atoms with Crippen molar-refractivity contribution < 1.29 is 4.79 Å². The Morgan fingerprint density at radius 2 is 2.08 bits per heavy atom. The summed E-state index contributed by atoms with van der Waals surface area (Å²) >= 11 is 6.98. The molecule has 0 bridgehead atoms. The summed E-state index contributed by atoms with van der Waals surface area (Å²) in [6.45, 7) is 6.31. The van der Waals surface area contributed by atoms with E-state index in [1.807, 2.05) is 31.4 Å². The largest absolute Gasteiger partial charge is 0.331 e. The molecule has 3 N–H and O–H groups in total. The molecule has 0 spiro atoms. The van der Waals surface area contributed by atoms with Crippen LogP contribution in [0.15, 0.2) is 23.6 Å². The first-order valence-electron chi connectivity index (χ1n) is 8.48. The van der Waals surface area contributed by atoms with Gasteiger partial charge in [0.15, 0.2) is 5.11 Å². The minimum absolute atomic E-state index is 0.128. The van der Waals surface area contributed by atoms with Crippen molar-refractivity contribution in [3.63, 3.8) is 0 Å². The van der Waals surface area contributed by atoms with E-state index in [0.717, 1.165) is 41.6 Å². The van der Waals surface area contributed by atoms with Crippen molar-refractivity contribution in [3.05, 3.63) is 50.7 Å². The lowest BCUT2D eigenvalue weighted by Crippen LogP contribution is -2.44. The van der Waals surface area contributed by atoms with Crippen LogP contribution in [0.4, 0.5) is 5.69 Å². The van der Waals surface area contributed by atoms with Gasteiger partial charge in [-0.05, 0) is 74.0 Å². The Morgan fingerprint density at radius 3 is 2.88 bits per heavy atom. The van der Waals surface area contributed by atoms with Crippen LogP contribution in [0, 0.1) is 19.8 Å². The number of carbonyl (C=O) groups is 1. The zero-order valence-corrected chi connectivity index (χ0v) is 16.4. The average molecular weight is 374 g/mol. The van der Waals surface area contributed by atoms with Crippen molar-refractivity contribution in [2.75, 3.05) is 5.32 Å². The second-order valence-corrected chi connectivity index (χ2v) is 8.12. The number of hydrogen-bond acceptors (Lipinski definition) is 3. The van der Waals surface area contributed by atoms with Gasteiger partial charge in [-0.15, -0.1) is 11.3 Å². The molecule has 0 fully saturated rings. The van der Waals surface area contributed by atoms with Gasteiger partial charge in [0, 0.05) is 15.9 Å². The monoisotopic (exact) mass is 373 g/mol. The number of aryl methyl sites for hydroxylation is 2. The molecule has 0 aliphatic heterocycles. The number of nitrogens with one attached hydrogen (secondary N) is 3. The zero-order valence-electron chi connectivity index (χ0n) is 14.7. The molecular formula is C19H23N3OS2. The van der Waals surface area contributed by atoms with Gasteiger partial charge < -0.3 is 5.32 Å². The molecule has 1 heterocycles. The van der Waals surface area contributed by atoms with Crippen LogP contribution in [0.3, 0.4) is 0 Å². The summed E-state index contributed by atoms with van der Waals surface area (Å²) < 4.78 is 0. The molecule has 2 aromatic rings. The number of hydrazine groups is 1. The molecule has 0 saturated heterocycles. The Morgan fingerprint density at radius 1 is 1.28 bits per heavy atom. The first kappa shape index (κ1) is 17.9. The molecule has 1 aliphatic rings.